The van der Waals surface area contributed by atoms with E-state index in [2.05, 4.69) is 0 Å². The second kappa shape index (κ2) is 6.38. The van der Waals surface area contributed by atoms with E-state index >= 15 is 0 Å². The number of carbonyl (C=O) groups excluding carboxylic acids is 1. The Kier molecular flexibility index (Phi) is 5.12. The summed E-state index contributed by atoms with van der Waals surface area (Å²) in [4.78, 5) is 11.4. The predicted octanol–water partition coefficient (Wildman–Crippen LogP) is 2.91. The zero-order valence-electron chi connectivity index (χ0n) is 9.46. The Morgan fingerprint density at radius 1 is 1.44 bits per heavy atom. The number of methoxy groups -OCH3 is 1. The van der Waals surface area contributed by atoms with E-state index in [9.17, 15) is 4.79 Å². The fourth-order valence-electron chi connectivity index (χ4n) is 1.35. The lowest BCUT2D eigenvalue weighted by Gasteiger charge is -2.12. The van der Waals surface area contributed by atoms with Crippen molar-refractivity contribution in [2.45, 2.75) is 13.3 Å². The molecule has 0 aromatic heterocycles. The number of rotatable bonds is 6. The third kappa shape index (κ3) is 3.14. The number of hydrogen-bond donors (Lipinski definition) is 0. The molecular weight excluding hydrogens is 228 g/mol. The summed E-state index contributed by atoms with van der Waals surface area (Å²) in [5.74, 6) is 1.58. The number of hydrogen-bond acceptors (Lipinski definition) is 3. The highest BCUT2D eigenvalue weighted by Gasteiger charge is 2.12. The summed E-state index contributed by atoms with van der Waals surface area (Å²) in [6.07, 6.45) is 0.759. The fourth-order valence-corrected chi connectivity index (χ4v) is 1.46. The smallest absolute Gasteiger partial charge is 0.171 e. The minimum absolute atomic E-state index is 0.0420. The Morgan fingerprint density at radius 2 is 2.19 bits per heavy atom. The molecule has 4 heteroatoms. The Balaban J connectivity index is 2.90. The molecule has 0 bridgehead atoms. The Morgan fingerprint density at radius 3 is 2.75 bits per heavy atom. The van der Waals surface area contributed by atoms with Gasteiger partial charge in [-0.25, -0.2) is 0 Å². The Bertz CT molecular complexity index is 363. The fraction of sp³-hybridized carbons (Fsp3) is 0.417. The average Bonchev–Trinajstić information content (AvgIpc) is 2.29. The lowest BCUT2D eigenvalue weighted by atomic mass is 10.1. The van der Waals surface area contributed by atoms with E-state index < -0.39 is 0 Å². The van der Waals surface area contributed by atoms with Crippen LogP contribution >= 0.6 is 11.6 Å². The van der Waals surface area contributed by atoms with Gasteiger partial charge in [0.1, 0.15) is 0 Å². The number of para-hydroxylation sites is 1. The molecule has 16 heavy (non-hydrogen) atoms. The van der Waals surface area contributed by atoms with Crippen molar-refractivity contribution in [2.24, 2.45) is 0 Å². The van der Waals surface area contributed by atoms with E-state index in [4.69, 9.17) is 21.1 Å². The first-order valence-corrected chi connectivity index (χ1v) is 5.61. The normalized spacial score (nSPS) is 9.94. The quantitative estimate of drug-likeness (QED) is 0.437. The van der Waals surface area contributed by atoms with Gasteiger partial charge in [0.2, 0.25) is 0 Å². The van der Waals surface area contributed by atoms with Gasteiger partial charge < -0.3 is 9.47 Å². The molecule has 0 atom stereocenters. The van der Waals surface area contributed by atoms with Crippen molar-refractivity contribution in [3.63, 3.8) is 0 Å². The van der Waals surface area contributed by atoms with Gasteiger partial charge >= 0.3 is 0 Å². The summed E-state index contributed by atoms with van der Waals surface area (Å²) in [6, 6.07) is 5.27. The summed E-state index contributed by atoms with van der Waals surface area (Å²) in [5, 5.41) is 0. The van der Waals surface area contributed by atoms with Gasteiger partial charge in [-0.05, 0) is 25.5 Å². The molecule has 88 valence electrons. The van der Waals surface area contributed by atoms with Crippen molar-refractivity contribution in [1.82, 2.24) is 0 Å². The average molecular weight is 243 g/mol. The second-order valence-corrected chi connectivity index (χ2v) is 3.66. The van der Waals surface area contributed by atoms with Crippen molar-refractivity contribution >= 4 is 17.4 Å². The van der Waals surface area contributed by atoms with Crippen LogP contribution in [0.1, 0.15) is 23.7 Å². The lowest BCUT2D eigenvalue weighted by molar-refractivity contribution is 0.101. The summed E-state index contributed by atoms with van der Waals surface area (Å²) in [5.41, 5.74) is 0.533. The first-order chi connectivity index (χ1) is 7.70. The molecular formula is C12H15ClO3. The van der Waals surface area contributed by atoms with E-state index in [1.54, 1.807) is 18.2 Å². The maximum absolute atomic E-state index is 11.4. The van der Waals surface area contributed by atoms with E-state index in [1.807, 2.05) is 0 Å². The van der Waals surface area contributed by atoms with Gasteiger partial charge in [0.25, 0.3) is 0 Å². The van der Waals surface area contributed by atoms with Crippen LogP contribution in [0.4, 0.5) is 0 Å². The molecule has 3 nitrogen and oxygen atoms in total. The Hall–Kier alpha value is -1.22. The number of ketones is 1. The van der Waals surface area contributed by atoms with Crippen LogP contribution in [0.15, 0.2) is 18.2 Å². The van der Waals surface area contributed by atoms with E-state index in [0.29, 0.717) is 29.5 Å². The SMILES string of the molecule is COc1c(OCCCCl)cccc1C(C)=O. The van der Waals surface area contributed by atoms with Crippen LogP contribution in [0, 0.1) is 0 Å². The predicted molar refractivity (Wildman–Crippen MR) is 63.8 cm³/mol. The third-order valence-electron chi connectivity index (χ3n) is 2.10. The van der Waals surface area contributed by atoms with Crippen LogP contribution in [-0.4, -0.2) is 25.4 Å². The standard InChI is InChI=1S/C12H15ClO3/c1-9(14)10-5-3-6-11(12(10)15-2)16-8-4-7-13/h3,5-6H,4,7-8H2,1-2H3. The zero-order valence-corrected chi connectivity index (χ0v) is 10.2. The van der Waals surface area contributed by atoms with Gasteiger partial charge in [0.05, 0.1) is 19.3 Å². The Labute approximate surface area is 100 Å². The van der Waals surface area contributed by atoms with Crippen LogP contribution in [0.5, 0.6) is 11.5 Å². The van der Waals surface area contributed by atoms with Crippen molar-refractivity contribution < 1.29 is 14.3 Å². The van der Waals surface area contributed by atoms with Crippen molar-refractivity contribution in [3.05, 3.63) is 23.8 Å². The molecule has 0 saturated heterocycles. The minimum Gasteiger partial charge on any atom is -0.492 e. The zero-order chi connectivity index (χ0) is 12.0. The second-order valence-electron chi connectivity index (χ2n) is 3.28. The molecule has 0 amide bonds. The van der Waals surface area contributed by atoms with Crippen molar-refractivity contribution in [2.75, 3.05) is 19.6 Å². The lowest BCUT2D eigenvalue weighted by Crippen LogP contribution is -2.03. The van der Waals surface area contributed by atoms with Gasteiger partial charge in [-0.3, -0.25) is 4.79 Å². The highest BCUT2D eigenvalue weighted by atomic mass is 35.5. The molecule has 0 spiro atoms. The van der Waals surface area contributed by atoms with Gasteiger partial charge in [-0.2, -0.15) is 0 Å². The number of Topliss-reactive ketones (excluding diaryl/α,β-unsaturated/α-hetero) is 1. The number of alkyl halides is 1. The summed E-state index contributed by atoms with van der Waals surface area (Å²) >= 11 is 5.56. The first-order valence-electron chi connectivity index (χ1n) is 5.07. The molecule has 0 radical (unpaired) electrons. The minimum atomic E-state index is -0.0420. The monoisotopic (exact) mass is 242 g/mol. The molecule has 1 aromatic carbocycles. The molecule has 0 N–H and O–H groups in total. The maximum Gasteiger partial charge on any atom is 0.171 e. The highest BCUT2D eigenvalue weighted by molar-refractivity contribution is 6.17. The number of carbonyl (C=O) groups is 1. The molecule has 0 aliphatic carbocycles. The largest absolute Gasteiger partial charge is 0.492 e. The molecule has 0 fully saturated rings. The molecule has 1 rings (SSSR count). The number of halogens is 1. The highest BCUT2D eigenvalue weighted by Crippen LogP contribution is 2.31. The van der Waals surface area contributed by atoms with Gasteiger partial charge in [0, 0.05) is 5.88 Å². The van der Waals surface area contributed by atoms with Crippen LogP contribution in [-0.2, 0) is 0 Å². The van der Waals surface area contributed by atoms with Gasteiger partial charge in [-0.1, -0.05) is 6.07 Å². The van der Waals surface area contributed by atoms with Crippen LogP contribution in [0.25, 0.3) is 0 Å². The number of benzene rings is 1. The summed E-state index contributed by atoms with van der Waals surface area (Å²) in [6.45, 7) is 2.02. The van der Waals surface area contributed by atoms with E-state index in [1.165, 1.54) is 14.0 Å². The van der Waals surface area contributed by atoms with Crippen LogP contribution < -0.4 is 9.47 Å². The molecule has 0 saturated carbocycles. The van der Waals surface area contributed by atoms with Crippen LogP contribution in [0.3, 0.4) is 0 Å². The van der Waals surface area contributed by atoms with Crippen molar-refractivity contribution in [1.29, 1.82) is 0 Å². The molecule has 0 unspecified atom stereocenters. The summed E-state index contributed by atoms with van der Waals surface area (Å²) in [7, 11) is 1.52. The molecule has 0 aliphatic rings. The molecule has 0 heterocycles. The third-order valence-corrected chi connectivity index (χ3v) is 2.37. The van der Waals surface area contributed by atoms with Gasteiger partial charge in [0.15, 0.2) is 17.3 Å². The molecule has 0 aliphatic heterocycles. The van der Waals surface area contributed by atoms with E-state index in [0.717, 1.165) is 6.42 Å². The van der Waals surface area contributed by atoms with Crippen LogP contribution in [0.2, 0.25) is 0 Å². The maximum atomic E-state index is 11.4. The van der Waals surface area contributed by atoms with Gasteiger partial charge in [-0.15, -0.1) is 11.6 Å². The van der Waals surface area contributed by atoms with E-state index in [-0.39, 0.29) is 5.78 Å². The summed E-state index contributed by atoms with van der Waals surface area (Å²) < 4.78 is 10.7. The van der Waals surface area contributed by atoms with Crippen molar-refractivity contribution in [3.8, 4) is 11.5 Å². The first kappa shape index (κ1) is 12.8. The topological polar surface area (TPSA) is 35.5 Å². The molecule has 1 aromatic rings. The number of ether oxygens (including phenoxy) is 2.